The minimum absolute atomic E-state index is 0.0545. The average molecular weight is 580 g/mol. The molecule has 10 heteroatoms. The summed E-state index contributed by atoms with van der Waals surface area (Å²) in [7, 11) is 1.34. The molecule has 2 aromatic carbocycles. The van der Waals surface area contributed by atoms with Crippen LogP contribution in [-0.4, -0.2) is 35.0 Å². The van der Waals surface area contributed by atoms with E-state index in [0.29, 0.717) is 29.9 Å². The second-order valence-corrected chi connectivity index (χ2v) is 12.3. The summed E-state index contributed by atoms with van der Waals surface area (Å²) in [6.07, 6.45) is 2.46. The predicted octanol–water partition coefficient (Wildman–Crippen LogP) is 6.27. The third-order valence-corrected chi connectivity index (χ3v) is 8.44. The van der Waals surface area contributed by atoms with E-state index in [9.17, 15) is 19.5 Å². The molecular weight excluding hydrogens is 549 g/mol. The van der Waals surface area contributed by atoms with Gasteiger partial charge in [-0.15, -0.1) is 0 Å². The van der Waals surface area contributed by atoms with Crippen LogP contribution in [0.4, 0.5) is 15.9 Å². The number of methoxy groups -OCH3 is 1. The number of halogens is 2. The zero-order valence-corrected chi connectivity index (χ0v) is 23.9. The van der Waals surface area contributed by atoms with E-state index in [-0.39, 0.29) is 39.1 Å². The molecule has 1 aliphatic heterocycles. The molecule has 0 radical (unpaired) electrons. The van der Waals surface area contributed by atoms with Gasteiger partial charge >= 0.3 is 5.97 Å². The summed E-state index contributed by atoms with van der Waals surface area (Å²) in [4.78, 5) is 44.2. The number of aromatic nitrogens is 1. The van der Waals surface area contributed by atoms with Crippen LogP contribution in [0, 0.1) is 23.1 Å². The van der Waals surface area contributed by atoms with E-state index in [0.717, 1.165) is 0 Å². The maximum Gasteiger partial charge on any atom is 0.339 e. The van der Waals surface area contributed by atoms with Gasteiger partial charge < -0.3 is 20.5 Å². The molecule has 8 nitrogen and oxygen atoms in total. The van der Waals surface area contributed by atoms with Gasteiger partial charge in [-0.2, -0.15) is 0 Å². The number of nitrogens with one attached hydrogen (secondary N) is 2. The van der Waals surface area contributed by atoms with E-state index in [1.54, 1.807) is 24.4 Å². The first-order valence-corrected chi connectivity index (χ1v) is 13.7. The second kappa shape index (κ2) is 10.4. The van der Waals surface area contributed by atoms with Crippen LogP contribution in [0.1, 0.15) is 61.0 Å². The molecule has 0 unspecified atom stereocenters. The molecule has 5 rings (SSSR count). The van der Waals surface area contributed by atoms with Gasteiger partial charge in [0, 0.05) is 35.3 Å². The van der Waals surface area contributed by atoms with Gasteiger partial charge in [-0.25, -0.2) is 14.2 Å². The van der Waals surface area contributed by atoms with Crippen LogP contribution in [-0.2, 0) is 15.0 Å². The lowest BCUT2D eigenvalue weighted by Gasteiger charge is -2.38. The summed E-state index contributed by atoms with van der Waals surface area (Å²) in [5.74, 6) is -4.19. The summed E-state index contributed by atoms with van der Waals surface area (Å²) in [6, 6.07) is 12.4. The normalized spacial score (nSPS) is 23.3. The minimum Gasteiger partial charge on any atom is -0.496 e. The molecule has 0 bridgehead atoms. The number of anilines is 2. The number of rotatable bonds is 6. The fraction of sp³-hybridized carbons (Fsp3) is 0.355. The van der Waals surface area contributed by atoms with E-state index >= 15 is 4.39 Å². The zero-order chi connectivity index (χ0) is 29.7. The van der Waals surface area contributed by atoms with Crippen molar-refractivity contribution in [2.45, 2.75) is 44.9 Å². The van der Waals surface area contributed by atoms with Gasteiger partial charge in [0.05, 0.1) is 17.5 Å². The number of carboxylic acid groups (broad SMARTS) is 1. The van der Waals surface area contributed by atoms with E-state index in [1.165, 1.54) is 31.4 Å². The molecule has 1 aliphatic carbocycles. The molecule has 4 atom stereocenters. The van der Waals surface area contributed by atoms with Crippen LogP contribution in [0.2, 0.25) is 5.02 Å². The largest absolute Gasteiger partial charge is 0.496 e. The van der Waals surface area contributed by atoms with E-state index < -0.39 is 34.9 Å². The predicted molar refractivity (Wildman–Crippen MR) is 153 cm³/mol. The highest BCUT2D eigenvalue weighted by Gasteiger charge is 2.66. The lowest BCUT2D eigenvalue weighted by Crippen LogP contribution is -2.45. The van der Waals surface area contributed by atoms with Crippen molar-refractivity contribution in [1.82, 2.24) is 4.98 Å². The molecule has 3 aromatic rings. The first-order valence-electron chi connectivity index (χ1n) is 13.3. The Kier molecular flexibility index (Phi) is 7.27. The molecule has 1 spiro atoms. The van der Waals surface area contributed by atoms with Gasteiger partial charge in [0.2, 0.25) is 11.8 Å². The van der Waals surface area contributed by atoms with Crippen LogP contribution >= 0.6 is 11.6 Å². The molecule has 214 valence electrons. The molecular formula is C31H31ClFN3O5. The van der Waals surface area contributed by atoms with Crippen molar-refractivity contribution in [2.24, 2.45) is 17.3 Å². The number of benzene rings is 2. The number of amides is 2. The summed E-state index contributed by atoms with van der Waals surface area (Å²) < 4.78 is 21.1. The number of pyridine rings is 1. The fourth-order valence-electron chi connectivity index (χ4n) is 6.73. The van der Waals surface area contributed by atoms with E-state index in [1.807, 2.05) is 6.07 Å². The molecule has 41 heavy (non-hydrogen) atoms. The van der Waals surface area contributed by atoms with Crippen LogP contribution in [0.5, 0.6) is 5.75 Å². The highest BCUT2D eigenvalue weighted by molar-refractivity contribution is 6.30. The van der Waals surface area contributed by atoms with Crippen LogP contribution in [0.3, 0.4) is 0 Å². The van der Waals surface area contributed by atoms with Crippen molar-refractivity contribution >= 4 is 40.9 Å². The Hall–Kier alpha value is -3.98. The highest BCUT2D eigenvalue weighted by Crippen LogP contribution is 2.63. The van der Waals surface area contributed by atoms with Crippen molar-refractivity contribution in [2.75, 3.05) is 17.7 Å². The van der Waals surface area contributed by atoms with Crippen molar-refractivity contribution < 1.29 is 28.6 Å². The van der Waals surface area contributed by atoms with Crippen LogP contribution < -0.4 is 15.4 Å². The molecule has 3 N–H and O–H groups in total. The smallest absolute Gasteiger partial charge is 0.339 e. The monoisotopic (exact) mass is 579 g/mol. The number of carboxylic acids is 1. The maximum absolute atomic E-state index is 15.9. The van der Waals surface area contributed by atoms with Crippen molar-refractivity contribution in [3.63, 3.8) is 0 Å². The summed E-state index contributed by atoms with van der Waals surface area (Å²) in [5, 5.41) is 15.1. The van der Waals surface area contributed by atoms with Gasteiger partial charge in [0.15, 0.2) is 0 Å². The molecule has 1 fully saturated rings. The Bertz CT molecular complexity index is 1550. The maximum atomic E-state index is 15.9. The second-order valence-electron chi connectivity index (χ2n) is 11.9. The molecule has 2 amide bonds. The number of ether oxygens (including phenoxy) is 1. The molecule has 0 saturated heterocycles. The van der Waals surface area contributed by atoms with E-state index in [2.05, 4.69) is 36.4 Å². The van der Waals surface area contributed by atoms with Crippen LogP contribution in [0.15, 0.2) is 54.7 Å². The first-order chi connectivity index (χ1) is 19.4. The number of carbonyl (C=O) groups is 3. The Morgan fingerprint density at radius 2 is 1.98 bits per heavy atom. The van der Waals surface area contributed by atoms with Gasteiger partial charge in [0.1, 0.15) is 22.9 Å². The van der Waals surface area contributed by atoms with Crippen molar-refractivity contribution in [3.05, 3.63) is 82.3 Å². The van der Waals surface area contributed by atoms with E-state index in [4.69, 9.17) is 16.3 Å². The lowest BCUT2D eigenvalue weighted by atomic mass is 9.62. The Balaban J connectivity index is 1.68. The first kappa shape index (κ1) is 28.5. The standard InChI is InChI=1S/C31H31ClFN3O5/c1-30(2,3)15-16-13-20(27(37)35-17-10-11-18(28(38)39)23(14-17)41-4)24(19-7-5-9-22(32)25(19)33)31(16)21-8-6-12-34-26(21)36-29(31)40/h5-12,14,16,20,24H,13,15H2,1-4H3,(H,35,37)(H,38,39)(H,34,36,40)/t16-,20+,24-,31-/m0/s1. The van der Waals surface area contributed by atoms with Crippen LogP contribution in [0.25, 0.3) is 0 Å². The number of fused-ring (bicyclic) bond motifs is 2. The topological polar surface area (TPSA) is 118 Å². The molecule has 2 aliphatic rings. The zero-order valence-electron chi connectivity index (χ0n) is 23.1. The fourth-order valence-corrected chi connectivity index (χ4v) is 6.91. The summed E-state index contributed by atoms with van der Waals surface area (Å²) in [6.45, 7) is 6.20. The van der Waals surface area contributed by atoms with Gasteiger partial charge in [-0.3, -0.25) is 9.59 Å². The minimum atomic E-state index is -1.28. The summed E-state index contributed by atoms with van der Waals surface area (Å²) in [5.41, 5.74) is -0.429. The number of aromatic carboxylic acids is 1. The Morgan fingerprint density at radius 3 is 2.66 bits per heavy atom. The third-order valence-electron chi connectivity index (χ3n) is 8.15. The molecule has 1 saturated carbocycles. The van der Waals surface area contributed by atoms with Gasteiger partial charge in [0.25, 0.3) is 0 Å². The molecule has 2 heterocycles. The van der Waals surface area contributed by atoms with Crippen molar-refractivity contribution in [3.8, 4) is 5.75 Å². The third kappa shape index (κ3) is 4.82. The SMILES string of the molecule is COc1cc(NC(=O)[C@@H]2C[C@@H](CC(C)(C)C)[C@@]3(C(=O)Nc4ncccc43)[C@H]2c2cccc(Cl)c2F)ccc1C(=O)O. The van der Waals surface area contributed by atoms with Crippen molar-refractivity contribution in [1.29, 1.82) is 0 Å². The number of nitrogens with zero attached hydrogens (tertiary/aromatic N) is 1. The Labute approximate surface area is 242 Å². The van der Waals surface area contributed by atoms with Gasteiger partial charge in [-0.05, 0) is 54.0 Å². The lowest BCUT2D eigenvalue weighted by molar-refractivity contribution is -0.123. The highest BCUT2D eigenvalue weighted by atomic mass is 35.5. The average Bonchev–Trinajstić information content (AvgIpc) is 3.39. The molecule has 1 aromatic heterocycles. The number of carbonyl (C=O) groups excluding carboxylic acids is 2. The Morgan fingerprint density at radius 1 is 1.22 bits per heavy atom. The summed E-state index contributed by atoms with van der Waals surface area (Å²) >= 11 is 6.25. The number of hydrogen-bond acceptors (Lipinski definition) is 5. The quantitative estimate of drug-likeness (QED) is 0.317. The number of hydrogen-bond donors (Lipinski definition) is 3. The van der Waals surface area contributed by atoms with Gasteiger partial charge in [-0.1, -0.05) is 50.6 Å².